The zero-order valence-electron chi connectivity index (χ0n) is 28.1. The zero-order valence-corrected chi connectivity index (χ0v) is 28.1. The molecule has 1 aliphatic rings. The second-order valence-corrected chi connectivity index (χ2v) is 12.4. The van der Waals surface area contributed by atoms with Gasteiger partial charge in [0.05, 0.1) is 44.2 Å². The predicted molar refractivity (Wildman–Crippen MR) is 183 cm³/mol. The van der Waals surface area contributed by atoms with Crippen LogP contribution >= 0.6 is 0 Å². The molecular weight excluding hydrogens is 594 g/mol. The molecule has 0 atom stereocenters. The highest BCUT2D eigenvalue weighted by Crippen LogP contribution is 2.31. The Labute approximate surface area is 279 Å². The monoisotopic (exact) mass is 643 g/mol. The van der Waals surface area contributed by atoms with Crippen LogP contribution in [0.4, 0.5) is 0 Å². The molecule has 0 bridgehead atoms. The third-order valence-corrected chi connectivity index (χ3v) is 8.61. The van der Waals surface area contributed by atoms with Gasteiger partial charge in [-0.1, -0.05) is 44.9 Å². The molecule has 0 aliphatic carbocycles. The maximum absolute atomic E-state index is 13.0. The number of benzene rings is 3. The Hall–Kier alpha value is -4.01. The third kappa shape index (κ3) is 10.8. The summed E-state index contributed by atoms with van der Waals surface area (Å²) in [6.07, 6.45) is 8.92. The van der Waals surface area contributed by atoms with Crippen molar-refractivity contribution >= 4 is 18.2 Å². The lowest BCUT2D eigenvalue weighted by molar-refractivity contribution is -0.150. The van der Waals surface area contributed by atoms with Gasteiger partial charge in [0, 0.05) is 30.2 Å². The van der Waals surface area contributed by atoms with Gasteiger partial charge in [-0.3, -0.25) is 0 Å². The Balaban J connectivity index is 1.16. The number of nitrogens with one attached hydrogen (secondary N) is 1. The predicted octanol–water partition coefficient (Wildman–Crippen LogP) is 7.95. The van der Waals surface area contributed by atoms with E-state index in [4.69, 9.17) is 29.1 Å². The van der Waals surface area contributed by atoms with Crippen LogP contribution in [0.2, 0.25) is 0 Å². The Bertz CT molecular complexity index is 1460. The Kier molecular flexibility index (Phi) is 14.0. The summed E-state index contributed by atoms with van der Waals surface area (Å²) in [6.45, 7) is 10.3. The fourth-order valence-electron chi connectivity index (χ4n) is 5.41. The molecule has 0 unspecified atom stereocenters. The van der Waals surface area contributed by atoms with Gasteiger partial charge in [-0.05, 0) is 98.2 Å². The summed E-state index contributed by atoms with van der Waals surface area (Å²) in [7, 11) is 0. The van der Waals surface area contributed by atoms with Crippen LogP contribution in [0.1, 0.15) is 95.3 Å². The fourth-order valence-corrected chi connectivity index (χ4v) is 5.41. The maximum Gasteiger partial charge on any atom is 0.343 e. The number of esters is 2. The highest BCUT2D eigenvalue weighted by atomic mass is 16.5. The van der Waals surface area contributed by atoms with Crippen LogP contribution in [0, 0.1) is 17.7 Å². The van der Waals surface area contributed by atoms with Gasteiger partial charge < -0.3 is 29.1 Å². The molecule has 1 N–H and O–H groups in total. The van der Waals surface area contributed by atoms with Gasteiger partial charge in [-0.25, -0.2) is 9.59 Å². The van der Waals surface area contributed by atoms with E-state index in [1.54, 1.807) is 42.5 Å². The minimum absolute atomic E-state index is 0.199. The van der Waals surface area contributed by atoms with Crippen LogP contribution in [0.3, 0.4) is 0 Å². The van der Waals surface area contributed by atoms with Crippen molar-refractivity contribution in [2.75, 3.05) is 39.6 Å². The zero-order chi connectivity index (χ0) is 33.5. The minimum Gasteiger partial charge on any atom is -0.493 e. The largest absolute Gasteiger partial charge is 0.493 e. The first-order valence-corrected chi connectivity index (χ1v) is 16.9. The molecule has 252 valence electrons. The smallest absolute Gasteiger partial charge is 0.343 e. The second kappa shape index (κ2) is 18.4. The Morgan fingerprint density at radius 3 is 2.17 bits per heavy atom. The van der Waals surface area contributed by atoms with Crippen molar-refractivity contribution in [3.63, 3.8) is 0 Å². The average Bonchev–Trinajstić information content (AvgIpc) is 3.06. The SMILES string of the molecule is CCCc1ccc(C(=O)OCCc2ccc(OC(=O)c3ccc(OCCCCCCOCC4(CC)COC4)c(C)c3)c(C=N)c2)cc1. The van der Waals surface area contributed by atoms with Crippen molar-refractivity contribution in [2.24, 2.45) is 5.41 Å². The van der Waals surface area contributed by atoms with E-state index in [-0.39, 0.29) is 18.0 Å². The Morgan fingerprint density at radius 2 is 1.51 bits per heavy atom. The topological polar surface area (TPSA) is 104 Å². The highest BCUT2D eigenvalue weighted by Gasteiger charge is 2.36. The molecule has 1 heterocycles. The third-order valence-electron chi connectivity index (χ3n) is 8.61. The fraction of sp³-hybridized carbons (Fsp3) is 0.462. The summed E-state index contributed by atoms with van der Waals surface area (Å²) in [5.41, 5.74) is 4.55. The Morgan fingerprint density at radius 1 is 0.809 bits per heavy atom. The van der Waals surface area contributed by atoms with Crippen molar-refractivity contribution < 1.29 is 33.3 Å². The van der Waals surface area contributed by atoms with Gasteiger partial charge in [0.15, 0.2) is 0 Å². The van der Waals surface area contributed by atoms with E-state index < -0.39 is 5.97 Å². The molecule has 0 radical (unpaired) electrons. The number of ether oxygens (including phenoxy) is 5. The lowest BCUT2D eigenvalue weighted by Crippen LogP contribution is -2.45. The van der Waals surface area contributed by atoms with E-state index in [1.807, 2.05) is 25.1 Å². The first-order chi connectivity index (χ1) is 22.9. The van der Waals surface area contributed by atoms with Gasteiger partial charge in [-0.15, -0.1) is 0 Å². The maximum atomic E-state index is 13.0. The average molecular weight is 644 g/mol. The minimum atomic E-state index is -0.508. The van der Waals surface area contributed by atoms with E-state index in [2.05, 4.69) is 13.8 Å². The van der Waals surface area contributed by atoms with Crippen LogP contribution in [0.5, 0.6) is 11.5 Å². The van der Waals surface area contributed by atoms with Crippen LogP contribution in [-0.2, 0) is 27.1 Å². The first-order valence-electron chi connectivity index (χ1n) is 16.9. The standard InChI is InChI=1S/C39H49NO7/c1-4-10-30-11-14-32(15-12-30)37(41)46-22-19-31-13-17-36(34(24-31)25-40)47-38(42)33-16-18-35(29(3)23-33)45-21-9-7-6-8-20-43-26-39(5-2)27-44-28-39/h11-18,23-25,40H,4-10,19-22,26-28H2,1-3H3. The molecule has 0 amide bonds. The molecule has 47 heavy (non-hydrogen) atoms. The van der Waals surface area contributed by atoms with Crippen LogP contribution < -0.4 is 9.47 Å². The molecule has 0 spiro atoms. The normalized spacial score (nSPS) is 13.4. The van der Waals surface area contributed by atoms with Gasteiger partial charge in [0.25, 0.3) is 0 Å². The quantitative estimate of drug-likeness (QED) is 0.0577. The summed E-state index contributed by atoms with van der Waals surface area (Å²) in [4.78, 5) is 25.4. The van der Waals surface area contributed by atoms with Crippen molar-refractivity contribution in [1.82, 2.24) is 0 Å². The molecule has 8 heteroatoms. The number of carbonyl (C=O) groups excluding carboxylic acids is 2. The van der Waals surface area contributed by atoms with Gasteiger partial charge in [-0.2, -0.15) is 0 Å². The number of aryl methyl sites for hydroxylation is 2. The number of hydrogen-bond donors (Lipinski definition) is 1. The van der Waals surface area contributed by atoms with E-state index in [1.165, 1.54) is 5.56 Å². The van der Waals surface area contributed by atoms with Crippen molar-refractivity contribution in [2.45, 2.75) is 72.1 Å². The second-order valence-electron chi connectivity index (χ2n) is 12.4. The summed E-state index contributed by atoms with van der Waals surface area (Å²) < 4.78 is 28.3. The number of carbonyl (C=O) groups is 2. The van der Waals surface area contributed by atoms with Crippen LogP contribution in [0.15, 0.2) is 60.7 Å². The molecular formula is C39H49NO7. The summed E-state index contributed by atoms with van der Waals surface area (Å²) >= 11 is 0. The van der Waals surface area contributed by atoms with Crippen LogP contribution in [0.25, 0.3) is 0 Å². The molecule has 1 fully saturated rings. The number of unbranched alkanes of at least 4 members (excludes halogenated alkanes) is 3. The summed E-state index contributed by atoms with van der Waals surface area (Å²) in [6, 6.07) is 18.0. The van der Waals surface area contributed by atoms with Crippen molar-refractivity contribution in [3.05, 3.63) is 94.0 Å². The van der Waals surface area contributed by atoms with Gasteiger partial charge in [0.2, 0.25) is 0 Å². The first kappa shape index (κ1) is 35.8. The molecule has 0 aromatic heterocycles. The van der Waals surface area contributed by atoms with Gasteiger partial charge in [0.1, 0.15) is 11.5 Å². The van der Waals surface area contributed by atoms with Gasteiger partial charge >= 0.3 is 11.9 Å². The molecule has 3 aromatic carbocycles. The molecule has 1 saturated heterocycles. The van der Waals surface area contributed by atoms with E-state index in [0.29, 0.717) is 35.5 Å². The lowest BCUT2D eigenvalue weighted by Gasteiger charge is -2.40. The summed E-state index contributed by atoms with van der Waals surface area (Å²) in [5, 5.41) is 7.84. The van der Waals surface area contributed by atoms with E-state index >= 15 is 0 Å². The molecule has 1 aliphatic heterocycles. The number of hydrogen-bond acceptors (Lipinski definition) is 8. The van der Waals surface area contributed by atoms with E-state index in [0.717, 1.165) is 94.5 Å². The summed E-state index contributed by atoms with van der Waals surface area (Å²) in [5.74, 6) is 0.167. The molecule has 0 saturated carbocycles. The van der Waals surface area contributed by atoms with Crippen LogP contribution in [-0.4, -0.2) is 57.8 Å². The highest BCUT2D eigenvalue weighted by molar-refractivity contribution is 5.93. The number of rotatable bonds is 20. The molecule has 8 nitrogen and oxygen atoms in total. The van der Waals surface area contributed by atoms with E-state index in [9.17, 15) is 9.59 Å². The van der Waals surface area contributed by atoms with Crippen molar-refractivity contribution in [3.8, 4) is 11.5 Å². The molecule has 3 aromatic rings. The van der Waals surface area contributed by atoms with Crippen molar-refractivity contribution in [1.29, 1.82) is 5.41 Å². The molecule has 4 rings (SSSR count). The lowest BCUT2D eigenvalue weighted by atomic mass is 9.84.